The Bertz CT molecular complexity index is 1890. The summed E-state index contributed by atoms with van der Waals surface area (Å²) in [5.41, 5.74) is 0.506. The quantitative estimate of drug-likeness (QED) is 0.0411. The molecule has 3 aliphatic heterocycles. The van der Waals surface area contributed by atoms with Gasteiger partial charge in [-0.2, -0.15) is 0 Å². The van der Waals surface area contributed by atoms with Crippen molar-refractivity contribution in [1.82, 2.24) is 0 Å². The van der Waals surface area contributed by atoms with Crippen molar-refractivity contribution >= 4 is 11.6 Å². The van der Waals surface area contributed by atoms with Crippen LogP contribution in [-0.2, 0) is 47.5 Å². The first-order chi connectivity index (χ1) is 34.9. The van der Waals surface area contributed by atoms with Crippen molar-refractivity contribution in [3.8, 4) is 0 Å². The van der Waals surface area contributed by atoms with Crippen molar-refractivity contribution in [2.75, 3.05) is 33.5 Å². The minimum Gasteiger partial charge on any atom is -0.394 e. The molecule has 23 nitrogen and oxygen atoms in total. The van der Waals surface area contributed by atoms with E-state index in [0.29, 0.717) is 38.5 Å². The van der Waals surface area contributed by atoms with E-state index in [1.54, 1.807) is 0 Å². The first-order valence-electron chi connectivity index (χ1n) is 26.4. The zero-order valence-electron chi connectivity index (χ0n) is 43.2. The third kappa shape index (κ3) is 11.8. The number of carbonyl (C=O) groups excluding carboxylic acids is 2. The van der Waals surface area contributed by atoms with Crippen molar-refractivity contribution in [3.63, 3.8) is 0 Å². The van der Waals surface area contributed by atoms with Gasteiger partial charge in [0.15, 0.2) is 25.2 Å². The molecule has 7 aliphatic rings. The van der Waals surface area contributed by atoms with Crippen LogP contribution >= 0.6 is 0 Å². The van der Waals surface area contributed by atoms with Crippen LogP contribution in [0.1, 0.15) is 92.4 Å². The number of hydrogen-bond acceptors (Lipinski definition) is 23. The predicted octanol–water partition coefficient (Wildman–Crippen LogP) is -2.71. The molecule has 13 unspecified atom stereocenters. The van der Waals surface area contributed by atoms with E-state index in [-0.39, 0.29) is 53.7 Å². The Kier molecular flexibility index (Phi) is 20.0. The molecule has 0 aromatic heterocycles. The Hall–Kier alpha value is -1.76. The molecule has 13 N–H and O–H groups in total. The van der Waals surface area contributed by atoms with Gasteiger partial charge in [-0.25, -0.2) is 0 Å². The van der Waals surface area contributed by atoms with Gasteiger partial charge in [0.1, 0.15) is 97.0 Å². The predicted molar refractivity (Wildman–Crippen MR) is 253 cm³/mol. The number of Topliss-reactive ketones (excluding diaryl/α,β-unsaturated/α-hetero) is 2. The highest BCUT2D eigenvalue weighted by atomic mass is 16.8. The molecule has 74 heavy (non-hydrogen) atoms. The number of carbonyl (C=O) groups is 2. The van der Waals surface area contributed by atoms with Gasteiger partial charge >= 0.3 is 0 Å². The molecule has 3 saturated carbocycles. The van der Waals surface area contributed by atoms with E-state index < -0.39 is 160 Å². The lowest BCUT2D eigenvalue weighted by Gasteiger charge is -2.58. The summed E-state index contributed by atoms with van der Waals surface area (Å²) in [7, 11) is 1.16. The number of ketones is 2. The molecule has 4 aliphatic carbocycles. The van der Waals surface area contributed by atoms with Crippen LogP contribution in [0.15, 0.2) is 11.6 Å². The largest absolute Gasteiger partial charge is 0.394 e. The minimum absolute atomic E-state index is 0.0151. The molecule has 7 rings (SSSR count). The Balaban J connectivity index is 1.01. The van der Waals surface area contributed by atoms with Crippen molar-refractivity contribution < 1.29 is 114 Å². The molecule has 0 radical (unpaired) electrons. The van der Waals surface area contributed by atoms with E-state index in [1.807, 2.05) is 13.8 Å². The van der Waals surface area contributed by atoms with Crippen LogP contribution in [0.3, 0.4) is 0 Å². The topological polar surface area (TPSA) is 371 Å². The SMILES string of the molecule is CO[C@@H](OC1C(O)[C@H](O[C@@H]2OC(CO)[C@@H](O)C(O)C2O)C(CO)O[C@H]1OC1CC[C@@]2(C)C(=CC[C@@H]3[C@@H]2CC[C@]2(C)C([C@H](C)C(=O)CC[C@@H](C)CO[C@@H]4OC(CO)[C@@H](O)C(O)C4O)C(=O)C[C@@H]32)C1)C(O)C(O)[C@H](C)O. The van der Waals surface area contributed by atoms with Gasteiger partial charge in [0.2, 0.25) is 0 Å². The van der Waals surface area contributed by atoms with Crippen LogP contribution in [-0.4, -0.2) is 234 Å². The van der Waals surface area contributed by atoms with Crippen molar-refractivity contribution in [3.05, 3.63) is 11.6 Å². The van der Waals surface area contributed by atoms with Gasteiger partial charge in [-0.1, -0.05) is 39.3 Å². The number of rotatable bonds is 21. The monoisotopic (exact) mass is 1060 g/mol. The summed E-state index contributed by atoms with van der Waals surface area (Å²) >= 11 is 0. The molecule has 0 bridgehead atoms. The first-order valence-corrected chi connectivity index (χ1v) is 26.4. The third-order valence-electron chi connectivity index (χ3n) is 18.2. The fourth-order valence-corrected chi connectivity index (χ4v) is 13.6. The Morgan fingerprint density at radius 2 is 1.32 bits per heavy atom. The summed E-state index contributed by atoms with van der Waals surface area (Å²) in [6.07, 6.45) is -23.3. The molecule has 3 heterocycles. The molecule has 0 aromatic carbocycles. The smallest absolute Gasteiger partial charge is 0.187 e. The van der Waals surface area contributed by atoms with E-state index >= 15 is 0 Å². The number of fused-ring (bicyclic) bond motifs is 5. The van der Waals surface area contributed by atoms with Gasteiger partial charge in [0.25, 0.3) is 0 Å². The maximum atomic E-state index is 14.1. The number of aliphatic hydroxyl groups excluding tert-OH is 13. The third-order valence-corrected chi connectivity index (χ3v) is 18.2. The molecule has 0 spiro atoms. The normalized spacial score (nSPS) is 46.0. The number of aliphatic hydroxyl groups is 13. The number of ether oxygens (including phenoxy) is 8. The summed E-state index contributed by atoms with van der Waals surface area (Å²) in [4.78, 5) is 28.0. The van der Waals surface area contributed by atoms with Crippen LogP contribution in [0.4, 0.5) is 0 Å². The van der Waals surface area contributed by atoms with Crippen molar-refractivity contribution in [2.24, 2.45) is 46.3 Å². The van der Waals surface area contributed by atoms with E-state index in [0.717, 1.165) is 25.5 Å². The second-order valence-corrected chi connectivity index (χ2v) is 22.8. The summed E-state index contributed by atoms with van der Waals surface area (Å²) in [6.45, 7) is 7.38. The lowest BCUT2D eigenvalue weighted by atomic mass is 9.47. The second-order valence-electron chi connectivity index (χ2n) is 22.8. The van der Waals surface area contributed by atoms with Gasteiger partial charge in [-0.05, 0) is 86.4 Å². The summed E-state index contributed by atoms with van der Waals surface area (Å²) in [5.74, 6) is -0.544. The average molecular weight is 1070 g/mol. The second kappa shape index (κ2) is 24.7. The highest BCUT2D eigenvalue weighted by molar-refractivity contribution is 5.92. The fourth-order valence-electron chi connectivity index (χ4n) is 13.6. The summed E-state index contributed by atoms with van der Waals surface area (Å²) < 4.78 is 46.9. The molecule has 6 fully saturated rings. The Labute approximate surface area is 431 Å². The fraction of sp³-hybridized carbons (Fsp3) is 0.922. The van der Waals surface area contributed by atoms with Gasteiger partial charge in [-0.3, -0.25) is 9.59 Å². The molecule has 0 aromatic rings. The highest BCUT2D eigenvalue weighted by Gasteiger charge is 2.63. The van der Waals surface area contributed by atoms with Crippen LogP contribution in [0, 0.1) is 46.3 Å². The van der Waals surface area contributed by atoms with Crippen molar-refractivity contribution in [2.45, 2.75) is 215 Å². The maximum absolute atomic E-state index is 14.1. The number of hydrogen-bond donors (Lipinski definition) is 13. The lowest BCUT2D eigenvalue weighted by Crippen LogP contribution is -2.66. The van der Waals surface area contributed by atoms with Gasteiger partial charge in [0.05, 0.1) is 38.6 Å². The Morgan fingerprint density at radius 1 is 0.716 bits per heavy atom. The molecule has 3 saturated heterocycles. The molecule has 0 amide bonds. The van der Waals surface area contributed by atoms with Crippen LogP contribution < -0.4 is 0 Å². The molecule has 23 heteroatoms. The molecular formula is C51H84O23. The first kappa shape index (κ1) is 59.9. The summed E-state index contributed by atoms with van der Waals surface area (Å²) in [5, 5.41) is 136. The molecule has 28 atom stereocenters. The van der Waals surface area contributed by atoms with E-state index in [9.17, 15) is 76.0 Å². The van der Waals surface area contributed by atoms with E-state index in [2.05, 4.69) is 19.9 Å². The van der Waals surface area contributed by atoms with Crippen molar-refractivity contribution in [1.29, 1.82) is 0 Å². The van der Waals surface area contributed by atoms with Crippen LogP contribution in [0.5, 0.6) is 0 Å². The van der Waals surface area contributed by atoms with Gasteiger partial charge in [0, 0.05) is 31.8 Å². The molecular weight excluding hydrogens is 981 g/mol. The standard InChI is InChI=1S/C51H84O23/c1-21(20-68-47-41(64)38(61)36(59)31(17-52)70-47)7-10-29(56)22(2)34-30(57)16-28-26-9-8-24-15-25(11-13-50(24,4)27(26)12-14-51(28,34)5)69-49-45(74-46(67-6)40(63)35(58)23(3)55)43(66)44(33(19-54)72-49)73-48-42(65)39(62)37(60)32(18-53)71-48/h8,21-23,25-28,31-49,52-55,58-66H,7,9-20H2,1-6H3/t21-,22-,23+,25?,26-,27+,28+,31?,32?,33?,34?,35?,36-,37-,38?,39?,40?,41?,42?,43?,44-,45?,46+,47-,48+,49-,50+,51+/m1/s1. The van der Waals surface area contributed by atoms with Crippen LogP contribution in [0.25, 0.3) is 0 Å². The van der Waals surface area contributed by atoms with E-state index in [4.69, 9.17) is 37.9 Å². The zero-order valence-corrected chi connectivity index (χ0v) is 43.2. The zero-order chi connectivity index (χ0) is 54.3. The highest BCUT2D eigenvalue weighted by Crippen LogP contribution is 2.66. The summed E-state index contributed by atoms with van der Waals surface area (Å²) in [6, 6.07) is 0. The lowest BCUT2D eigenvalue weighted by molar-refractivity contribution is -0.380. The minimum atomic E-state index is -1.87. The Morgan fingerprint density at radius 3 is 1.93 bits per heavy atom. The number of allylic oxidation sites excluding steroid dienone is 1. The number of methoxy groups -OCH3 is 1. The average Bonchev–Trinajstić information content (AvgIpc) is 3.66. The maximum Gasteiger partial charge on any atom is 0.187 e. The van der Waals surface area contributed by atoms with E-state index in [1.165, 1.54) is 6.92 Å². The van der Waals surface area contributed by atoms with Gasteiger partial charge in [-0.15, -0.1) is 0 Å². The van der Waals surface area contributed by atoms with Crippen LogP contribution in [0.2, 0.25) is 0 Å². The van der Waals surface area contributed by atoms with Gasteiger partial charge < -0.3 is 104 Å². The molecule has 426 valence electrons.